The van der Waals surface area contributed by atoms with E-state index in [2.05, 4.69) is 10.2 Å². The maximum absolute atomic E-state index is 12.5. The zero-order valence-corrected chi connectivity index (χ0v) is 14.6. The van der Waals surface area contributed by atoms with Crippen LogP contribution in [0.2, 0.25) is 0 Å². The molecule has 0 atom stereocenters. The van der Waals surface area contributed by atoms with E-state index in [0.29, 0.717) is 15.9 Å². The normalized spacial score (nSPS) is 12.4. The summed E-state index contributed by atoms with van der Waals surface area (Å²) in [4.78, 5) is 0.462. The maximum atomic E-state index is 12.5. The lowest BCUT2D eigenvalue weighted by atomic mass is 10.4. The van der Waals surface area contributed by atoms with Crippen molar-refractivity contribution in [2.75, 3.05) is 5.84 Å². The average molecular weight is 406 g/mol. The van der Waals surface area contributed by atoms with Crippen LogP contribution >= 0.6 is 23.1 Å². The number of nitrogens with two attached hydrogens (primary N) is 1. The molecule has 0 aliphatic carbocycles. The molecular weight excluding hydrogens is 397 g/mol. The molecule has 1 aromatic carbocycles. The van der Waals surface area contributed by atoms with Crippen molar-refractivity contribution in [2.24, 2.45) is 0 Å². The van der Waals surface area contributed by atoms with Crippen molar-refractivity contribution in [1.29, 1.82) is 0 Å². The highest BCUT2D eigenvalue weighted by molar-refractivity contribution is 7.99. The van der Waals surface area contributed by atoms with E-state index in [9.17, 15) is 21.6 Å². The van der Waals surface area contributed by atoms with E-state index in [1.165, 1.54) is 28.1 Å². The first-order chi connectivity index (χ1) is 11.7. The number of hydrogen-bond acceptors (Lipinski definition) is 7. The Balaban J connectivity index is 1.84. The van der Waals surface area contributed by atoms with Gasteiger partial charge >= 0.3 is 5.51 Å². The number of nitrogen functional groups attached to an aromatic ring is 1. The molecule has 25 heavy (non-hydrogen) atoms. The number of hydrogen-bond donors (Lipinski definition) is 1. The molecule has 2 N–H and O–H groups in total. The van der Waals surface area contributed by atoms with Gasteiger partial charge < -0.3 is 5.84 Å². The van der Waals surface area contributed by atoms with Crippen LogP contribution in [0.5, 0.6) is 0 Å². The fourth-order valence-corrected chi connectivity index (χ4v) is 4.06. The van der Waals surface area contributed by atoms with Gasteiger partial charge in [-0.2, -0.15) is 13.2 Å². The van der Waals surface area contributed by atoms with Gasteiger partial charge in [0.2, 0.25) is 5.16 Å². The van der Waals surface area contributed by atoms with Crippen molar-refractivity contribution in [3.05, 3.63) is 41.8 Å². The van der Waals surface area contributed by atoms with Crippen LogP contribution in [0.4, 0.5) is 13.2 Å². The van der Waals surface area contributed by atoms with Gasteiger partial charge in [-0.05, 0) is 47.5 Å². The number of alkyl halides is 3. The molecule has 0 saturated carbocycles. The smallest absolute Gasteiger partial charge is 0.335 e. The lowest BCUT2D eigenvalue weighted by Gasteiger charge is -2.08. The summed E-state index contributed by atoms with van der Waals surface area (Å²) in [5.41, 5.74) is -5.34. The third-order valence-corrected chi connectivity index (χ3v) is 6.39. The molecule has 132 valence electrons. The molecule has 3 aromatic rings. The Kier molecular flexibility index (Phi) is 4.51. The zero-order valence-electron chi connectivity index (χ0n) is 12.1. The number of benzene rings is 1. The lowest BCUT2D eigenvalue weighted by molar-refractivity contribution is -0.0436. The highest BCUT2D eigenvalue weighted by Crippen LogP contribution is 2.33. The van der Waals surface area contributed by atoms with Crippen molar-refractivity contribution in [1.82, 2.24) is 14.9 Å². The predicted octanol–water partition coefficient (Wildman–Crippen LogP) is 3.17. The van der Waals surface area contributed by atoms with Crippen LogP contribution in [0.3, 0.4) is 0 Å². The van der Waals surface area contributed by atoms with Crippen molar-refractivity contribution in [3.63, 3.8) is 0 Å². The molecule has 0 saturated heterocycles. The second-order valence-electron chi connectivity index (χ2n) is 4.68. The molecule has 2 heterocycles. The molecule has 0 aliphatic heterocycles. The van der Waals surface area contributed by atoms with E-state index in [-0.39, 0.29) is 0 Å². The minimum atomic E-state index is -5.37. The maximum Gasteiger partial charge on any atom is 0.501 e. The zero-order chi connectivity index (χ0) is 18.2. The van der Waals surface area contributed by atoms with Gasteiger partial charge in [0.05, 0.1) is 9.77 Å². The van der Waals surface area contributed by atoms with Gasteiger partial charge in [0.1, 0.15) is 0 Å². The summed E-state index contributed by atoms with van der Waals surface area (Å²) in [6.07, 6.45) is 0. The summed E-state index contributed by atoms with van der Waals surface area (Å²) in [5.74, 6) is 6.38. The van der Waals surface area contributed by atoms with Crippen LogP contribution in [-0.4, -0.2) is 28.8 Å². The van der Waals surface area contributed by atoms with Gasteiger partial charge in [0.25, 0.3) is 9.84 Å². The fraction of sp³-hybridized carbons (Fsp3) is 0.0769. The Morgan fingerprint density at radius 1 is 1.12 bits per heavy atom. The highest BCUT2D eigenvalue weighted by atomic mass is 32.2. The Hall–Kier alpha value is -2.05. The first kappa shape index (κ1) is 17.8. The number of sulfone groups is 1. The molecular formula is C13H9F3N4O2S3. The number of rotatable bonds is 4. The third kappa shape index (κ3) is 3.37. The standard InChI is InChI=1S/C13H9F3N4O2S3/c14-13(15,16)25(21,22)9-5-3-8(4-6-9)24-12-19-18-11(20(12)17)10-2-1-7-23-10/h1-7H,17H2. The molecule has 0 amide bonds. The van der Waals surface area contributed by atoms with Crippen LogP contribution in [0.1, 0.15) is 0 Å². The molecule has 6 nitrogen and oxygen atoms in total. The van der Waals surface area contributed by atoms with Gasteiger partial charge in [-0.15, -0.1) is 21.5 Å². The van der Waals surface area contributed by atoms with Gasteiger partial charge in [-0.25, -0.2) is 13.1 Å². The van der Waals surface area contributed by atoms with Crippen LogP contribution in [0, 0.1) is 0 Å². The van der Waals surface area contributed by atoms with E-state index >= 15 is 0 Å². The van der Waals surface area contributed by atoms with Crippen molar-refractivity contribution in [2.45, 2.75) is 20.5 Å². The van der Waals surface area contributed by atoms with Gasteiger partial charge in [-0.3, -0.25) is 0 Å². The predicted molar refractivity (Wildman–Crippen MR) is 87.3 cm³/mol. The molecule has 3 rings (SSSR count). The second kappa shape index (κ2) is 6.35. The number of aromatic nitrogens is 3. The SMILES string of the molecule is Nn1c(Sc2ccc(S(=O)(=O)C(F)(F)F)cc2)nnc1-c1cccs1. The van der Waals surface area contributed by atoms with E-state index in [1.54, 1.807) is 0 Å². The van der Waals surface area contributed by atoms with E-state index in [4.69, 9.17) is 5.84 Å². The quantitative estimate of drug-likeness (QED) is 0.670. The van der Waals surface area contributed by atoms with Crippen LogP contribution in [0.15, 0.2) is 56.7 Å². The molecule has 0 radical (unpaired) electrons. The first-order valence-corrected chi connectivity index (χ1v) is 9.72. The van der Waals surface area contributed by atoms with E-state index in [1.807, 2.05) is 17.5 Å². The first-order valence-electron chi connectivity index (χ1n) is 6.54. The van der Waals surface area contributed by atoms with E-state index in [0.717, 1.165) is 28.8 Å². The van der Waals surface area contributed by atoms with Crippen molar-refractivity contribution >= 4 is 32.9 Å². The number of halogens is 3. The van der Waals surface area contributed by atoms with Crippen LogP contribution in [-0.2, 0) is 9.84 Å². The summed E-state index contributed by atoms with van der Waals surface area (Å²) in [7, 11) is -5.37. The number of thiophene rings is 1. The summed E-state index contributed by atoms with van der Waals surface area (Å²) in [6.45, 7) is 0. The monoisotopic (exact) mass is 406 g/mol. The van der Waals surface area contributed by atoms with Crippen molar-refractivity contribution < 1.29 is 21.6 Å². The summed E-state index contributed by atoms with van der Waals surface area (Å²) in [6, 6.07) is 7.95. The minimum absolute atomic E-state index is 0.315. The largest absolute Gasteiger partial charge is 0.501 e. The minimum Gasteiger partial charge on any atom is -0.335 e. The topological polar surface area (TPSA) is 90.9 Å². The molecule has 0 aliphatic rings. The summed E-state index contributed by atoms with van der Waals surface area (Å²) >= 11 is 2.48. The average Bonchev–Trinajstić information content (AvgIpc) is 3.18. The third-order valence-electron chi connectivity index (χ3n) is 3.05. The molecule has 0 spiro atoms. The Bertz CT molecular complexity index is 981. The van der Waals surface area contributed by atoms with Gasteiger partial charge in [0, 0.05) is 4.90 Å². The lowest BCUT2D eigenvalue weighted by Crippen LogP contribution is -2.23. The van der Waals surface area contributed by atoms with Crippen LogP contribution < -0.4 is 5.84 Å². The summed E-state index contributed by atoms with van der Waals surface area (Å²) in [5, 5.41) is 10.1. The van der Waals surface area contributed by atoms with Crippen LogP contribution in [0.25, 0.3) is 10.7 Å². The van der Waals surface area contributed by atoms with Gasteiger partial charge in [0.15, 0.2) is 5.82 Å². The van der Waals surface area contributed by atoms with Gasteiger partial charge in [-0.1, -0.05) is 6.07 Å². The fourth-order valence-electron chi connectivity index (χ4n) is 1.85. The van der Waals surface area contributed by atoms with E-state index < -0.39 is 20.2 Å². The Morgan fingerprint density at radius 3 is 2.36 bits per heavy atom. The Labute approximate surface area is 148 Å². The Morgan fingerprint density at radius 2 is 1.80 bits per heavy atom. The van der Waals surface area contributed by atoms with Crippen molar-refractivity contribution in [3.8, 4) is 10.7 Å². The summed E-state index contributed by atoms with van der Waals surface area (Å²) < 4.78 is 61.5. The molecule has 0 fully saturated rings. The molecule has 0 bridgehead atoms. The molecule has 12 heteroatoms. The number of nitrogens with zero attached hydrogens (tertiary/aromatic N) is 3. The second-order valence-corrected chi connectivity index (χ2v) is 8.61. The molecule has 0 unspecified atom stereocenters. The molecule has 2 aromatic heterocycles. The highest BCUT2D eigenvalue weighted by Gasteiger charge is 2.46.